The van der Waals surface area contributed by atoms with Gasteiger partial charge in [0.05, 0.1) is 5.71 Å². The predicted octanol–water partition coefficient (Wildman–Crippen LogP) is 4.34. The Kier molecular flexibility index (Phi) is 7.57. The van der Waals surface area contributed by atoms with Gasteiger partial charge >= 0.3 is 0 Å². The molecule has 136 valence electrons. The molecule has 1 atom stereocenters. The molecule has 1 amide bonds. The van der Waals surface area contributed by atoms with Crippen LogP contribution >= 0.6 is 11.6 Å². The molecule has 0 saturated heterocycles. The Morgan fingerprint density at radius 2 is 1.81 bits per heavy atom. The Morgan fingerprint density at radius 1 is 1.15 bits per heavy atom. The fourth-order valence-corrected chi connectivity index (χ4v) is 2.60. The number of allylic oxidation sites excluding steroid dienone is 1. The number of hydrazone groups is 1. The number of carbonyl (C=O) groups excluding carboxylic acids is 1. The van der Waals surface area contributed by atoms with E-state index in [0.717, 1.165) is 17.8 Å². The molecule has 1 N–H and O–H groups in total. The van der Waals surface area contributed by atoms with Gasteiger partial charge in [-0.1, -0.05) is 54.9 Å². The topological polar surface area (TPSA) is 44.7 Å². The number of hydrogen-bond acceptors (Lipinski definition) is 3. The van der Waals surface area contributed by atoms with Crippen LogP contribution in [0.25, 0.3) is 6.08 Å². The molecule has 0 spiro atoms. The quantitative estimate of drug-likeness (QED) is 0.583. The predicted molar refractivity (Wildman–Crippen MR) is 110 cm³/mol. The summed E-state index contributed by atoms with van der Waals surface area (Å²) in [7, 11) is 4.03. The lowest BCUT2D eigenvalue weighted by Gasteiger charge is -2.17. The van der Waals surface area contributed by atoms with Gasteiger partial charge in [0.15, 0.2) is 0 Å². The number of nitrogens with zero attached hydrogens (tertiary/aromatic N) is 2. The molecule has 4 nitrogen and oxygen atoms in total. The van der Waals surface area contributed by atoms with Gasteiger partial charge in [-0.25, -0.2) is 5.43 Å². The molecule has 0 aliphatic carbocycles. The third-order valence-corrected chi connectivity index (χ3v) is 4.03. The summed E-state index contributed by atoms with van der Waals surface area (Å²) in [6.45, 7) is 2.91. The van der Waals surface area contributed by atoms with Crippen molar-refractivity contribution < 1.29 is 4.79 Å². The van der Waals surface area contributed by atoms with Crippen LogP contribution in [0.3, 0.4) is 0 Å². The summed E-state index contributed by atoms with van der Waals surface area (Å²) in [5.41, 5.74) is 5.06. The first kappa shape index (κ1) is 19.9. The summed E-state index contributed by atoms with van der Waals surface area (Å²) >= 11 is 5.92. The van der Waals surface area contributed by atoms with E-state index >= 15 is 0 Å². The van der Waals surface area contributed by atoms with Crippen molar-refractivity contribution in [2.24, 2.45) is 11.0 Å². The molecule has 2 aromatic rings. The van der Waals surface area contributed by atoms with E-state index in [4.69, 9.17) is 11.6 Å². The van der Waals surface area contributed by atoms with Crippen LogP contribution in [0.15, 0.2) is 65.8 Å². The maximum atomic E-state index is 12.2. The molecule has 0 saturated carbocycles. The first-order chi connectivity index (χ1) is 12.5. The second-order valence-corrected chi connectivity index (χ2v) is 6.83. The van der Waals surface area contributed by atoms with E-state index in [1.54, 1.807) is 12.1 Å². The highest BCUT2D eigenvalue weighted by Gasteiger charge is 2.11. The Morgan fingerprint density at radius 3 is 2.42 bits per heavy atom. The summed E-state index contributed by atoms with van der Waals surface area (Å²) in [6, 6.07) is 16.6. The first-order valence-electron chi connectivity index (χ1n) is 8.47. The van der Waals surface area contributed by atoms with Gasteiger partial charge in [-0.2, -0.15) is 5.10 Å². The number of benzene rings is 2. The zero-order valence-electron chi connectivity index (χ0n) is 15.3. The maximum absolute atomic E-state index is 12.2. The van der Waals surface area contributed by atoms with Gasteiger partial charge < -0.3 is 4.90 Å². The lowest BCUT2D eigenvalue weighted by atomic mass is 10.0. The van der Waals surface area contributed by atoms with Crippen LogP contribution in [0.2, 0.25) is 5.02 Å². The Labute approximate surface area is 160 Å². The summed E-state index contributed by atoms with van der Waals surface area (Å²) in [4.78, 5) is 14.3. The van der Waals surface area contributed by atoms with Gasteiger partial charge in [0.2, 0.25) is 0 Å². The van der Waals surface area contributed by atoms with Gasteiger partial charge in [-0.05, 0) is 50.0 Å². The van der Waals surface area contributed by atoms with E-state index < -0.39 is 0 Å². The van der Waals surface area contributed by atoms with Gasteiger partial charge in [-0.3, -0.25) is 4.79 Å². The van der Waals surface area contributed by atoms with Gasteiger partial charge in [0.1, 0.15) is 0 Å². The van der Waals surface area contributed by atoms with Crippen molar-refractivity contribution in [2.45, 2.75) is 6.92 Å². The van der Waals surface area contributed by atoms with Crippen LogP contribution in [-0.2, 0) is 0 Å². The number of amides is 1. The van der Waals surface area contributed by atoms with E-state index in [9.17, 15) is 4.79 Å². The monoisotopic (exact) mass is 369 g/mol. The summed E-state index contributed by atoms with van der Waals surface area (Å²) < 4.78 is 0. The molecular weight excluding hydrogens is 346 g/mol. The minimum Gasteiger partial charge on any atom is -0.309 e. The van der Waals surface area contributed by atoms with E-state index in [1.807, 2.05) is 68.7 Å². The second kappa shape index (κ2) is 9.90. The van der Waals surface area contributed by atoms with Crippen LogP contribution in [0, 0.1) is 5.92 Å². The molecular formula is C21H24ClN3O. The highest BCUT2D eigenvalue weighted by molar-refractivity contribution is 6.30. The van der Waals surface area contributed by atoms with E-state index in [0.29, 0.717) is 10.6 Å². The molecule has 0 aliphatic rings. The van der Waals surface area contributed by atoms with Crippen LogP contribution in [-0.4, -0.2) is 37.2 Å². The average Bonchev–Trinajstić information content (AvgIpc) is 2.63. The minimum atomic E-state index is -0.222. The molecule has 0 heterocycles. The Hall–Kier alpha value is -2.43. The fraction of sp³-hybridized carbons (Fsp3) is 0.238. The van der Waals surface area contributed by atoms with Crippen LogP contribution in [0.4, 0.5) is 0 Å². The fourth-order valence-electron chi connectivity index (χ4n) is 2.48. The third-order valence-electron chi connectivity index (χ3n) is 3.78. The number of halogens is 1. The molecule has 0 aliphatic heterocycles. The van der Waals surface area contributed by atoms with Crippen LogP contribution < -0.4 is 5.43 Å². The third kappa shape index (κ3) is 6.47. The molecule has 0 unspecified atom stereocenters. The van der Waals surface area contributed by atoms with Gasteiger partial charge in [0.25, 0.3) is 5.91 Å². The lowest BCUT2D eigenvalue weighted by Crippen LogP contribution is -2.27. The second-order valence-electron chi connectivity index (χ2n) is 6.39. The summed E-state index contributed by atoms with van der Waals surface area (Å²) in [5.74, 6) is -0.0651. The zero-order valence-corrected chi connectivity index (χ0v) is 16.1. The van der Waals surface area contributed by atoms with Crippen molar-refractivity contribution in [2.75, 3.05) is 20.6 Å². The van der Waals surface area contributed by atoms with E-state index in [2.05, 4.69) is 22.4 Å². The highest BCUT2D eigenvalue weighted by Crippen LogP contribution is 2.12. The van der Waals surface area contributed by atoms with Crippen molar-refractivity contribution in [1.82, 2.24) is 10.3 Å². The maximum Gasteiger partial charge on any atom is 0.271 e. The van der Waals surface area contributed by atoms with Gasteiger partial charge in [-0.15, -0.1) is 0 Å². The summed E-state index contributed by atoms with van der Waals surface area (Å²) in [5, 5.41) is 5.06. The van der Waals surface area contributed by atoms with Crippen molar-refractivity contribution in [3.8, 4) is 0 Å². The molecule has 5 heteroatoms. The smallest absolute Gasteiger partial charge is 0.271 e. The molecule has 2 rings (SSSR count). The van der Waals surface area contributed by atoms with Crippen LogP contribution in [0.1, 0.15) is 22.8 Å². The van der Waals surface area contributed by atoms with Crippen molar-refractivity contribution in [1.29, 1.82) is 0 Å². The number of hydrogen-bond donors (Lipinski definition) is 1. The molecule has 2 aromatic carbocycles. The van der Waals surface area contributed by atoms with Crippen molar-refractivity contribution in [3.63, 3.8) is 0 Å². The Balaban J connectivity index is 2.16. The minimum absolute atomic E-state index is 0.157. The van der Waals surface area contributed by atoms with E-state index in [1.165, 1.54) is 0 Å². The van der Waals surface area contributed by atoms with Gasteiger partial charge in [0, 0.05) is 23.0 Å². The molecule has 0 radical (unpaired) electrons. The molecule has 0 fully saturated rings. The van der Waals surface area contributed by atoms with Crippen LogP contribution in [0.5, 0.6) is 0 Å². The first-order valence-corrected chi connectivity index (χ1v) is 8.85. The lowest BCUT2D eigenvalue weighted by molar-refractivity contribution is 0.0954. The Bertz CT molecular complexity index is 768. The van der Waals surface area contributed by atoms with Crippen molar-refractivity contribution >= 4 is 29.3 Å². The number of rotatable bonds is 7. The molecule has 26 heavy (non-hydrogen) atoms. The zero-order chi connectivity index (χ0) is 18.9. The standard InChI is InChI=1S/C21H24ClN3O/c1-16(15-25(2)3)20(14-11-17-9-12-19(22)13-10-17)23-24-21(26)18-7-5-4-6-8-18/h4-14,16H,15H2,1-3H3,(H,24,26)/b14-11-,23-20-/t16-/m0/s1. The SMILES string of the molecule is C[C@@H](CN(C)C)C(/C=C\c1ccc(Cl)cc1)=N\NC(=O)c1ccccc1. The summed E-state index contributed by atoms with van der Waals surface area (Å²) in [6.07, 6.45) is 3.90. The number of nitrogens with one attached hydrogen (secondary N) is 1. The normalized spacial score (nSPS) is 13.2. The largest absolute Gasteiger partial charge is 0.309 e. The van der Waals surface area contributed by atoms with Crippen molar-refractivity contribution in [3.05, 3.63) is 76.8 Å². The highest BCUT2D eigenvalue weighted by atomic mass is 35.5. The molecule has 0 aromatic heterocycles. The van der Waals surface area contributed by atoms with E-state index in [-0.39, 0.29) is 11.8 Å². The molecule has 0 bridgehead atoms. The average molecular weight is 370 g/mol. The number of carbonyl (C=O) groups is 1.